The number of aliphatic hydroxyl groups excluding tert-OH is 1. The molecule has 364 valence electrons. The molecule has 4 aromatic rings. The number of carbonyl (C=O) groups is 2. The van der Waals surface area contributed by atoms with Crippen molar-refractivity contribution in [2.45, 2.75) is 50.5 Å². The molecular formula is C41H50N8O16P3+. The Morgan fingerprint density at radius 2 is 1.65 bits per heavy atom. The Morgan fingerprint density at radius 3 is 2.35 bits per heavy atom. The zero-order valence-corrected chi connectivity index (χ0v) is 39.7. The number of aromatic nitrogens is 4. The summed E-state index contributed by atoms with van der Waals surface area (Å²) in [4.78, 5) is 77.7. The van der Waals surface area contributed by atoms with Crippen LogP contribution in [-0.2, 0) is 31.6 Å². The van der Waals surface area contributed by atoms with E-state index in [1.807, 2.05) is 74.1 Å². The van der Waals surface area contributed by atoms with E-state index in [4.69, 9.17) is 18.9 Å². The van der Waals surface area contributed by atoms with Crippen molar-refractivity contribution in [3.8, 4) is 22.5 Å². The van der Waals surface area contributed by atoms with Gasteiger partial charge >= 0.3 is 29.4 Å². The first-order chi connectivity index (χ1) is 32.1. The Hall–Kier alpha value is -5.45. The molecule has 5 atom stereocenters. The van der Waals surface area contributed by atoms with Crippen LogP contribution in [0.2, 0.25) is 0 Å². The predicted molar refractivity (Wildman–Crippen MR) is 246 cm³/mol. The van der Waals surface area contributed by atoms with E-state index in [9.17, 15) is 43.3 Å². The monoisotopic (exact) mass is 1000 g/mol. The first-order valence-electron chi connectivity index (χ1n) is 21.0. The molecule has 0 radical (unpaired) electrons. The van der Waals surface area contributed by atoms with Crippen LogP contribution >= 0.6 is 23.5 Å². The van der Waals surface area contributed by atoms with Gasteiger partial charge in [-0.05, 0) is 54.8 Å². The summed E-state index contributed by atoms with van der Waals surface area (Å²) in [7, 11) is -9.04. The van der Waals surface area contributed by atoms with Crippen molar-refractivity contribution in [3.63, 3.8) is 0 Å². The number of fused-ring (bicyclic) bond motifs is 3. The third-order valence-electron chi connectivity index (χ3n) is 10.9. The van der Waals surface area contributed by atoms with Crippen molar-refractivity contribution in [2.24, 2.45) is 0 Å². The molecule has 0 saturated carbocycles. The van der Waals surface area contributed by atoms with Crippen LogP contribution in [0, 0.1) is 0 Å². The Balaban J connectivity index is 0.922. The smallest absolute Gasteiger partial charge is 0.478 e. The lowest BCUT2D eigenvalue weighted by Crippen LogP contribution is -2.26. The van der Waals surface area contributed by atoms with E-state index in [0.717, 1.165) is 30.3 Å². The molecule has 1 amide bonds. The summed E-state index contributed by atoms with van der Waals surface area (Å²) >= 11 is 0. The van der Waals surface area contributed by atoms with Gasteiger partial charge in [-0.1, -0.05) is 12.8 Å². The molecule has 0 bridgehead atoms. The van der Waals surface area contributed by atoms with E-state index in [1.54, 1.807) is 6.07 Å². The molecule has 68 heavy (non-hydrogen) atoms. The van der Waals surface area contributed by atoms with Crippen molar-refractivity contribution in [1.82, 2.24) is 29.4 Å². The molecule has 2 unspecified atom stereocenters. The Kier molecular flexibility index (Phi) is 15.3. The number of amides is 1. The quantitative estimate of drug-likeness (QED) is 0.0225. The van der Waals surface area contributed by atoms with Gasteiger partial charge in [0.1, 0.15) is 44.1 Å². The van der Waals surface area contributed by atoms with Crippen LogP contribution in [-0.4, -0.2) is 121 Å². The third-order valence-corrected chi connectivity index (χ3v) is 14.7. The summed E-state index contributed by atoms with van der Waals surface area (Å²) in [5.41, 5.74) is 4.28. The molecule has 4 heterocycles. The van der Waals surface area contributed by atoms with E-state index in [1.165, 1.54) is 29.4 Å². The van der Waals surface area contributed by atoms with Crippen molar-refractivity contribution < 1.29 is 75.4 Å². The minimum Gasteiger partial charge on any atom is -0.478 e. The minimum atomic E-state index is -5.72. The Morgan fingerprint density at radius 1 is 0.897 bits per heavy atom. The number of unbranched alkanes of at least 4 members (excludes halogenated alkanes) is 3. The number of ether oxygens (including phenoxy) is 1. The molecule has 1 aliphatic carbocycles. The molecular weight excluding hydrogens is 953 g/mol. The summed E-state index contributed by atoms with van der Waals surface area (Å²) in [5.74, 6) is -0.479. The van der Waals surface area contributed by atoms with Crippen molar-refractivity contribution in [3.05, 3.63) is 83.7 Å². The molecule has 1 saturated heterocycles. The molecule has 1 fully saturated rings. The molecule has 27 heteroatoms. The molecule has 2 aromatic heterocycles. The van der Waals surface area contributed by atoms with Crippen LogP contribution in [0.5, 0.6) is 0 Å². The van der Waals surface area contributed by atoms with E-state index >= 15 is 0 Å². The molecule has 3 aliphatic rings. The largest absolute Gasteiger partial charge is 0.490 e. The van der Waals surface area contributed by atoms with Crippen LogP contribution in [0.4, 0.5) is 11.5 Å². The van der Waals surface area contributed by atoms with Gasteiger partial charge in [-0.3, -0.25) is 13.9 Å². The number of anilines is 2. The number of benzene rings is 3. The standard InChI is InChI=1S/C41H49N8O16P3/c1-47(2)25-10-13-28-32(18-25)62-33-19-26(48(3)4)11-14-29(33)36(28)30-17-24(9-12-27(30)41(52)53)40(51)43-16-8-6-5-7-15-42-38-37-39(45-22-44-38)49(23-46-37)35-20-31(50)34(63-35)21-61-67(57,58)65-68(59,60)64-66(54,55)56/h9-14,17-19,22-23,31,34-35,50H,5-8,15-16,20-21H2,1-4H3,(H6-,42,43,44,45,51,52,53,54,55,56,57,58,59,60)/p+1/t31-,34+,35+/m0/s1. The minimum absolute atomic E-state index is 0.0446. The highest BCUT2D eigenvalue weighted by molar-refractivity contribution is 7.66. The highest BCUT2D eigenvalue weighted by atomic mass is 31.3. The van der Waals surface area contributed by atoms with Crippen molar-refractivity contribution >= 4 is 69.0 Å². The maximum Gasteiger partial charge on any atom is 0.490 e. The number of hydrogen-bond acceptors (Lipinski definition) is 16. The second-order valence-electron chi connectivity index (χ2n) is 16.2. The zero-order chi connectivity index (χ0) is 49.1. The average molecular weight is 1000 g/mol. The average Bonchev–Trinajstić information content (AvgIpc) is 3.87. The van der Waals surface area contributed by atoms with Gasteiger partial charge in [0.25, 0.3) is 5.91 Å². The topological polar surface area (TPSA) is 331 Å². The maximum absolute atomic E-state index is 13.5. The highest BCUT2D eigenvalue weighted by Crippen LogP contribution is 2.66. The number of carbonyl (C=O) groups excluding carboxylic acids is 1. The Bertz CT molecular complexity index is 3040. The lowest BCUT2D eigenvalue weighted by Gasteiger charge is -2.19. The number of nitrogens with one attached hydrogen (secondary N) is 2. The number of carboxylic acid groups (broad SMARTS) is 1. The van der Waals surface area contributed by atoms with Crippen LogP contribution < -0.4 is 25.5 Å². The second-order valence-corrected chi connectivity index (χ2v) is 20.6. The molecule has 7 rings (SSSR count). The number of carboxylic acids is 1. The van der Waals surface area contributed by atoms with Gasteiger partial charge in [-0.2, -0.15) is 8.62 Å². The number of nitrogens with zero attached hydrogens (tertiary/aromatic N) is 6. The fourth-order valence-corrected chi connectivity index (χ4v) is 10.6. The predicted octanol–water partition coefficient (Wildman–Crippen LogP) is 4.53. The number of phosphoric acid groups is 3. The van der Waals surface area contributed by atoms with Gasteiger partial charge in [0, 0.05) is 73.5 Å². The van der Waals surface area contributed by atoms with Gasteiger partial charge < -0.3 is 54.5 Å². The van der Waals surface area contributed by atoms with Gasteiger partial charge in [-0.25, -0.2) is 38.0 Å². The maximum atomic E-state index is 13.5. The Labute approximate surface area is 387 Å². The van der Waals surface area contributed by atoms with Gasteiger partial charge in [0.05, 0.1) is 30.7 Å². The first-order valence-corrected chi connectivity index (χ1v) is 25.5. The van der Waals surface area contributed by atoms with Crippen molar-refractivity contribution in [2.75, 3.05) is 58.1 Å². The summed E-state index contributed by atoms with van der Waals surface area (Å²) in [6.07, 6.45) is 2.31. The lowest BCUT2D eigenvalue weighted by molar-refractivity contribution is -0.0423. The summed E-state index contributed by atoms with van der Waals surface area (Å²) < 4.78 is 62.3. The van der Waals surface area contributed by atoms with Crippen LogP contribution in [0.1, 0.15) is 59.0 Å². The number of hydrogen-bond donors (Lipinski definition) is 8. The second kappa shape index (κ2) is 20.6. The molecule has 24 nitrogen and oxygen atoms in total. The van der Waals surface area contributed by atoms with Crippen molar-refractivity contribution in [1.29, 1.82) is 0 Å². The molecule has 2 aliphatic heterocycles. The summed E-state index contributed by atoms with van der Waals surface area (Å²) in [6.45, 7) is 0.0817. The number of aromatic carboxylic acids is 1. The molecule has 0 spiro atoms. The van der Waals surface area contributed by atoms with Gasteiger partial charge in [-0.15, -0.1) is 0 Å². The summed E-state index contributed by atoms with van der Waals surface area (Å²) in [6, 6.07) is 16.1. The third kappa shape index (κ3) is 12.0. The van der Waals surface area contributed by atoms with E-state index in [2.05, 4.69) is 38.7 Å². The highest BCUT2D eigenvalue weighted by Gasteiger charge is 2.43. The van der Waals surface area contributed by atoms with E-state index in [0.29, 0.717) is 75.5 Å². The van der Waals surface area contributed by atoms with Gasteiger partial charge in [0.15, 0.2) is 17.0 Å². The van der Waals surface area contributed by atoms with E-state index < -0.39 is 54.5 Å². The normalized spacial score (nSPS) is 18.1. The number of phosphoric ester groups is 1. The van der Waals surface area contributed by atoms with Crippen LogP contribution in [0.3, 0.4) is 0 Å². The van der Waals surface area contributed by atoms with Crippen LogP contribution in [0.25, 0.3) is 44.6 Å². The SMILES string of the molecule is CN(C)c1ccc2c(-c3cc(C(=O)NCCCCCCNc4ncnc5c4ncn5[C@H]4C[C@H](O)[C@@H](COP(=O)(O)OP(=O)(O)OP(=O)(O)O)O4)ccc3C(=O)O)c3ccc(=[N+](C)C)cc-3oc2c1. The van der Waals surface area contributed by atoms with Gasteiger partial charge in [0.2, 0.25) is 5.36 Å². The first kappa shape index (κ1) is 50.4. The zero-order valence-electron chi connectivity index (χ0n) is 37.0. The fraction of sp³-hybridized carbons (Fsp3) is 0.366. The molecule has 8 N–H and O–H groups in total. The fourth-order valence-electron chi connectivity index (χ4n) is 7.61. The summed E-state index contributed by atoms with van der Waals surface area (Å²) in [5, 5.41) is 28.7. The lowest BCUT2D eigenvalue weighted by atomic mass is 9.89. The molecule has 2 aromatic carbocycles. The van der Waals surface area contributed by atoms with Crippen LogP contribution in [0.15, 0.2) is 71.7 Å². The number of rotatable bonds is 20. The van der Waals surface area contributed by atoms with E-state index in [-0.39, 0.29) is 17.9 Å². The number of imidazole rings is 1. The number of aliphatic hydroxyl groups is 1.